The molecule has 0 fully saturated rings. The third-order valence-electron chi connectivity index (χ3n) is 2.86. The lowest BCUT2D eigenvalue weighted by Gasteiger charge is -2.32. The van der Waals surface area contributed by atoms with E-state index in [2.05, 4.69) is 32.7 Å². The number of aliphatic hydroxyl groups is 1. The quantitative estimate of drug-likeness (QED) is 0.646. The van der Waals surface area contributed by atoms with Gasteiger partial charge in [0.2, 0.25) is 0 Å². The van der Waals surface area contributed by atoms with Crippen molar-refractivity contribution in [1.29, 1.82) is 0 Å². The molecule has 0 rings (SSSR count). The molecule has 0 amide bonds. The Morgan fingerprint density at radius 3 is 2.33 bits per heavy atom. The van der Waals surface area contributed by atoms with Crippen LogP contribution in [-0.2, 0) is 0 Å². The van der Waals surface area contributed by atoms with Gasteiger partial charge in [0.1, 0.15) is 0 Å². The Balaban J connectivity index is 4.07. The molecule has 2 unspecified atom stereocenters. The molecule has 0 aliphatic heterocycles. The first-order valence-corrected chi connectivity index (χ1v) is 6.09. The molecule has 0 aromatic heterocycles. The standard InChI is InChI=1S/C12H28N2O/c1-5-6-7-14(4)12(9-15)11(13)8-10(2)3/h10-12,15H,5-9,13H2,1-4H3. The van der Waals surface area contributed by atoms with Crippen molar-refractivity contribution in [1.82, 2.24) is 4.90 Å². The highest BCUT2D eigenvalue weighted by Gasteiger charge is 2.21. The Bertz CT molecular complexity index is 151. The molecule has 0 radical (unpaired) electrons. The second kappa shape index (κ2) is 8.08. The predicted molar refractivity (Wildman–Crippen MR) is 65.8 cm³/mol. The van der Waals surface area contributed by atoms with Crippen molar-refractivity contribution in [3.05, 3.63) is 0 Å². The van der Waals surface area contributed by atoms with Crippen molar-refractivity contribution in [3.63, 3.8) is 0 Å². The number of nitrogens with two attached hydrogens (primary N) is 1. The molecule has 0 saturated heterocycles. The molecule has 0 heterocycles. The summed E-state index contributed by atoms with van der Waals surface area (Å²) in [7, 11) is 2.05. The summed E-state index contributed by atoms with van der Waals surface area (Å²) in [5.41, 5.74) is 6.10. The first-order chi connectivity index (χ1) is 7.02. The predicted octanol–water partition coefficient (Wildman–Crippen LogP) is 1.45. The third-order valence-corrected chi connectivity index (χ3v) is 2.86. The molecule has 0 spiro atoms. The fourth-order valence-corrected chi connectivity index (χ4v) is 1.88. The topological polar surface area (TPSA) is 49.5 Å². The molecule has 0 aliphatic rings. The van der Waals surface area contributed by atoms with Crippen LogP contribution < -0.4 is 5.73 Å². The lowest BCUT2D eigenvalue weighted by Crippen LogP contribution is -2.49. The lowest BCUT2D eigenvalue weighted by molar-refractivity contribution is 0.118. The van der Waals surface area contributed by atoms with Crippen molar-refractivity contribution in [2.45, 2.75) is 52.1 Å². The average molecular weight is 216 g/mol. The van der Waals surface area contributed by atoms with E-state index in [9.17, 15) is 5.11 Å². The first kappa shape index (κ1) is 14.9. The summed E-state index contributed by atoms with van der Waals surface area (Å²) in [6, 6.07) is 0.191. The number of rotatable bonds is 8. The van der Waals surface area contributed by atoms with Crippen molar-refractivity contribution >= 4 is 0 Å². The van der Waals surface area contributed by atoms with Crippen LogP contribution in [0.25, 0.3) is 0 Å². The van der Waals surface area contributed by atoms with Crippen LogP contribution in [0.3, 0.4) is 0 Å². The molecule has 3 heteroatoms. The van der Waals surface area contributed by atoms with Crippen LogP contribution in [0, 0.1) is 5.92 Å². The molecule has 2 atom stereocenters. The molecule has 0 bridgehead atoms. The van der Waals surface area contributed by atoms with Gasteiger partial charge in [-0.1, -0.05) is 27.2 Å². The lowest BCUT2D eigenvalue weighted by atomic mass is 9.97. The molecule has 3 nitrogen and oxygen atoms in total. The molecule has 15 heavy (non-hydrogen) atoms. The van der Waals surface area contributed by atoms with Crippen LogP contribution in [0.5, 0.6) is 0 Å². The Morgan fingerprint density at radius 2 is 1.93 bits per heavy atom. The van der Waals surface area contributed by atoms with E-state index in [0.717, 1.165) is 13.0 Å². The van der Waals surface area contributed by atoms with E-state index >= 15 is 0 Å². The van der Waals surface area contributed by atoms with Gasteiger partial charge in [0.15, 0.2) is 0 Å². The van der Waals surface area contributed by atoms with Crippen LogP contribution in [-0.4, -0.2) is 42.3 Å². The molecule has 0 aromatic rings. The van der Waals surface area contributed by atoms with E-state index in [0.29, 0.717) is 5.92 Å². The van der Waals surface area contributed by atoms with Gasteiger partial charge in [0, 0.05) is 12.1 Å². The zero-order valence-electron chi connectivity index (χ0n) is 10.7. The molecule has 0 aliphatic carbocycles. The Hall–Kier alpha value is -0.120. The van der Waals surface area contributed by atoms with Gasteiger partial charge < -0.3 is 10.8 Å². The van der Waals surface area contributed by atoms with Gasteiger partial charge in [-0.3, -0.25) is 4.90 Å². The summed E-state index contributed by atoms with van der Waals surface area (Å²) in [6.45, 7) is 7.69. The van der Waals surface area contributed by atoms with Crippen molar-refractivity contribution < 1.29 is 5.11 Å². The second-order valence-electron chi connectivity index (χ2n) is 4.88. The highest BCUT2D eigenvalue weighted by molar-refractivity contribution is 4.80. The second-order valence-corrected chi connectivity index (χ2v) is 4.88. The Morgan fingerprint density at radius 1 is 1.33 bits per heavy atom. The van der Waals surface area contributed by atoms with Crippen molar-refractivity contribution in [3.8, 4) is 0 Å². The molecule has 0 aromatic carbocycles. The SMILES string of the molecule is CCCCN(C)C(CO)C(N)CC(C)C. The van der Waals surface area contributed by atoms with Gasteiger partial charge in [-0.25, -0.2) is 0 Å². The molecular weight excluding hydrogens is 188 g/mol. The van der Waals surface area contributed by atoms with Crippen LogP contribution in [0.15, 0.2) is 0 Å². The van der Waals surface area contributed by atoms with Crippen LogP contribution in [0.1, 0.15) is 40.0 Å². The van der Waals surface area contributed by atoms with Gasteiger partial charge >= 0.3 is 0 Å². The zero-order valence-corrected chi connectivity index (χ0v) is 10.7. The highest BCUT2D eigenvalue weighted by Crippen LogP contribution is 2.10. The maximum absolute atomic E-state index is 9.36. The van der Waals surface area contributed by atoms with E-state index in [1.165, 1.54) is 12.8 Å². The van der Waals surface area contributed by atoms with Crippen LogP contribution >= 0.6 is 0 Å². The first-order valence-electron chi connectivity index (χ1n) is 6.09. The minimum absolute atomic E-state index is 0.0804. The fourth-order valence-electron chi connectivity index (χ4n) is 1.88. The maximum atomic E-state index is 9.36. The van der Waals surface area contributed by atoms with Gasteiger partial charge in [-0.15, -0.1) is 0 Å². The van der Waals surface area contributed by atoms with E-state index in [4.69, 9.17) is 5.73 Å². The molecule has 3 N–H and O–H groups in total. The Labute approximate surface area is 94.6 Å². The smallest absolute Gasteiger partial charge is 0.0601 e. The molecule has 0 saturated carbocycles. The van der Waals surface area contributed by atoms with Gasteiger partial charge in [-0.2, -0.15) is 0 Å². The summed E-state index contributed by atoms with van der Waals surface area (Å²) in [5.74, 6) is 0.591. The summed E-state index contributed by atoms with van der Waals surface area (Å²) < 4.78 is 0. The normalized spacial score (nSPS) is 16.0. The minimum atomic E-state index is 0.0804. The maximum Gasteiger partial charge on any atom is 0.0601 e. The minimum Gasteiger partial charge on any atom is -0.395 e. The molecule has 92 valence electrons. The number of nitrogens with zero attached hydrogens (tertiary/aromatic N) is 1. The summed E-state index contributed by atoms with van der Waals surface area (Å²) >= 11 is 0. The number of aliphatic hydroxyl groups excluding tert-OH is 1. The highest BCUT2D eigenvalue weighted by atomic mass is 16.3. The van der Waals surface area contributed by atoms with Gasteiger partial charge in [0.25, 0.3) is 0 Å². The fraction of sp³-hybridized carbons (Fsp3) is 1.00. The van der Waals surface area contributed by atoms with Crippen LogP contribution in [0.4, 0.5) is 0 Å². The number of hydrogen-bond donors (Lipinski definition) is 2. The largest absolute Gasteiger partial charge is 0.395 e. The van der Waals surface area contributed by atoms with Crippen LogP contribution in [0.2, 0.25) is 0 Å². The van der Waals surface area contributed by atoms with Crippen molar-refractivity contribution in [2.24, 2.45) is 11.7 Å². The van der Waals surface area contributed by atoms with E-state index in [1.54, 1.807) is 0 Å². The summed E-state index contributed by atoms with van der Waals surface area (Å²) in [4.78, 5) is 2.19. The van der Waals surface area contributed by atoms with Crippen molar-refractivity contribution in [2.75, 3.05) is 20.2 Å². The van der Waals surface area contributed by atoms with Gasteiger partial charge in [0.05, 0.1) is 6.61 Å². The Kier molecular flexibility index (Phi) is 8.02. The third kappa shape index (κ3) is 6.13. The number of likely N-dealkylation sites (N-methyl/N-ethyl adjacent to an activating group) is 1. The number of hydrogen-bond acceptors (Lipinski definition) is 3. The van der Waals surface area contributed by atoms with Gasteiger partial charge in [-0.05, 0) is 32.4 Å². The number of unbranched alkanes of at least 4 members (excludes halogenated alkanes) is 1. The van der Waals surface area contributed by atoms with E-state index < -0.39 is 0 Å². The zero-order chi connectivity index (χ0) is 11.8. The summed E-state index contributed by atoms with van der Waals surface area (Å²) in [6.07, 6.45) is 3.32. The average Bonchev–Trinajstić information content (AvgIpc) is 2.14. The summed E-state index contributed by atoms with van der Waals surface area (Å²) in [5, 5.41) is 9.36. The van der Waals surface area contributed by atoms with E-state index in [-0.39, 0.29) is 18.7 Å². The molecular formula is C12H28N2O. The van der Waals surface area contributed by atoms with E-state index in [1.807, 2.05) is 0 Å². The monoisotopic (exact) mass is 216 g/mol.